The number of amides is 1. The Kier molecular flexibility index (Phi) is 6.28. The molecule has 0 aromatic heterocycles. The van der Waals surface area contributed by atoms with Gasteiger partial charge in [-0.15, -0.1) is 0 Å². The van der Waals surface area contributed by atoms with Crippen molar-refractivity contribution >= 4 is 23.5 Å². The first-order valence-electron chi connectivity index (χ1n) is 7.82. The number of carbonyl (C=O) groups excluding carboxylic acids is 1. The Hall–Kier alpha value is -1.75. The van der Waals surface area contributed by atoms with E-state index in [9.17, 15) is 9.59 Å². The maximum absolute atomic E-state index is 12.6. The van der Waals surface area contributed by atoms with Crippen molar-refractivity contribution in [3.05, 3.63) is 28.8 Å². The molecule has 1 aliphatic heterocycles. The van der Waals surface area contributed by atoms with Crippen LogP contribution in [-0.4, -0.2) is 42.1 Å². The third-order valence-corrected chi connectivity index (χ3v) is 4.62. The Bertz CT molecular complexity index is 576. The molecule has 126 valence electrons. The lowest BCUT2D eigenvalue weighted by atomic mass is 9.93. The van der Waals surface area contributed by atoms with Crippen LogP contribution in [-0.2, 0) is 16.0 Å². The Labute approximate surface area is 141 Å². The SMILES string of the molecule is COc1cccc(Cl)c1CC(=O)N1CCCC(CCC(=O)O)C1. The molecule has 1 fully saturated rings. The molecule has 1 saturated heterocycles. The number of methoxy groups -OCH3 is 1. The van der Waals surface area contributed by atoms with Crippen LogP contribution in [0.1, 0.15) is 31.2 Å². The minimum absolute atomic E-state index is 0.0106. The van der Waals surface area contributed by atoms with Crippen molar-refractivity contribution in [3.8, 4) is 5.75 Å². The van der Waals surface area contributed by atoms with Crippen LogP contribution in [0.25, 0.3) is 0 Å². The summed E-state index contributed by atoms with van der Waals surface area (Å²) in [7, 11) is 1.56. The highest BCUT2D eigenvalue weighted by Gasteiger charge is 2.25. The van der Waals surface area contributed by atoms with Crippen LogP contribution >= 0.6 is 11.6 Å². The van der Waals surface area contributed by atoms with Gasteiger partial charge in [-0.25, -0.2) is 0 Å². The molecule has 1 atom stereocenters. The molecule has 1 aromatic carbocycles. The number of carbonyl (C=O) groups is 2. The van der Waals surface area contributed by atoms with Crippen molar-refractivity contribution < 1.29 is 19.4 Å². The van der Waals surface area contributed by atoms with Crippen LogP contribution in [0, 0.1) is 5.92 Å². The summed E-state index contributed by atoms with van der Waals surface area (Å²) in [6, 6.07) is 5.33. The van der Waals surface area contributed by atoms with Crippen LogP contribution in [0.4, 0.5) is 0 Å². The normalized spacial score (nSPS) is 17.8. The summed E-state index contributed by atoms with van der Waals surface area (Å²) in [6.07, 6.45) is 2.87. The molecule has 23 heavy (non-hydrogen) atoms. The number of aliphatic carboxylic acids is 1. The lowest BCUT2D eigenvalue weighted by Crippen LogP contribution is -2.40. The van der Waals surface area contributed by atoms with Crippen molar-refractivity contribution in [1.82, 2.24) is 4.90 Å². The second-order valence-electron chi connectivity index (χ2n) is 5.88. The molecule has 1 amide bonds. The number of benzene rings is 1. The average molecular weight is 340 g/mol. The number of piperidine rings is 1. The lowest BCUT2D eigenvalue weighted by molar-refractivity contribution is -0.137. The van der Waals surface area contributed by atoms with Crippen LogP contribution in [0.5, 0.6) is 5.75 Å². The van der Waals surface area contributed by atoms with E-state index in [4.69, 9.17) is 21.4 Å². The van der Waals surface area contributed by atoms with Gasteiger partial charge in [0.2, 0.25) is 5.91 Å². The summed E-state index contributed by atoms with van der Waals surface area (Å²) < 4.78 is 5.28. The van der Waals surface area contributed by atoms with Crippen molar-refractivity contribution in [1.29, 1.82) is 0 Å². The number of hydrogen-bond acceptors (Lipinski definition) is 3. The summed E-state index contributed by atoms with van der Waals surface area (Å²) >= 11 is 6.19. The molecule has 2 rings (SSSR count). The first-order chi connectivity index (χ1) is 11.0. The molecule has 0 bridgehead atoms. The third kappa shape index (κ3) is 4.86. The Balaban J connectivity index is 1.99. The zero-order valence-electron chi connectivity index (χ0n) is 13.3. The summed E-state index contributed by atoms with van der Waals surface area (Å²) in [6.45, 7) is 1.34. The van der Waals surface area contributed by atoms with E-state index in [1.807, 2.05) is 4.90 Å². The summed E-state index contributed by atoms with van der Waals surface area (Å²) in [5.74, 6) is 0.105. The maximum Gasteiger partial charge on any atom is 0.303 e. The molecule has 0 spiro atoms. The predicted octanol–water partition coefficient (Wildman–Crippen LogP) is 2.99. The van der Waals surface area contributed by atoms with Gasteiger partial charge in [0, 0.05) is 30.1 Å². The van der Waals surface area contributed by atoms with Gasteiger partial charge < -0.3 is 14.7 Å². The number of likely N-dealkylation sites (tertiary alicyclic amines) is 1. The van der Waals surface area contributed by atoms with Crippen LogP contribution in [0.3, 0.4) is 0 Å². The van der Waals surface area contributed by atoms with Gasteiger partial charge in [0.1, 0.15) is 5.75 Å². The fraction of sp³-hybridized carbons (Fsp3) is 0.529. The smallest absolute Gasteiger partial charge is 0.303 e. The van der Waals surface area contributed by atoms with E-state index >= 15 is 0 Å². The molecule has 0 radical (unpaired) electrons. The topological polar surface area (TPSA) is 66.8 Å². The highest BCUT2D eigenvalue weighted by atomic mass is 35.5. The van der Waals surface area contributed by atoms with E-state index in [2.05, 4.69) is 0 Å². The first-order valence-corrected chi connectivity index (χ1v) is 8.20. The molecule has 0 saturated carbocycles. The second kappa shape index (κ2) is 8.20. The molecule has 1 unspecified atom stereocenters. The number of ether oxygens (including phenoxy) is 1. The Morgan fingerprint density at radius 2 is 2.22 bits per heavy atom. The van der Waals surface area contributed by atoms with Gasteiger partial charge in [-0.3, -0.25) is 9.59 Å². The summed E-state index contributed by atoms with van der Waals surface area (Å²) in [4.78, 5) is 25.1. The van der Waals surface area contributed by atoms with Crippen LogP contribution < -0.4 is 4.74 Å². The molecule has 0 aliphatic carbocycles. The van der Waals surface area contributed by atoms with Gasteiger partial charge in [-0.1, -0.05) is 17.7 Å². The zero-order chi connectivity index (χ0) is 16.8. The van der Waals surface area contributed by atoms with E-state index < -0.39 is 5.97 Å². The Morgan fingerprint density at radius 1 is 1.43 bits per heavy atom. The average Bonchev–Trinajstić information content (AvgIpc) is 2.55. The minimum atomic E-state index is -0.783. The largest absolute Gasteiger partial charge is 0.496 e. The monoisotopic (exact) mass is 339 g/mol. The van der Waals surface area contributed by atoms with Gasteiger partial charge in [0.05, 0.1) is 13.5 Å². The molecule has 6 heteroatoms. The van der Waals surface area contributed by atoms with E-state index in [0.29, 0.717) is 29.3 Å². The predicted molar refractivity (Wildman–Crippen MR) is 87.9 cm³/mol. The third-order valence-electron chi connectivity index (χ3n) is 4.26. The summed E-state index contributed by atoms with van der Waals surface area (Å²) in [5.41, 5.74) is 0.703. The molecule has 1 heterocycles. The lowest BCUT2D eigenvalue weighted by Gasteiger charge is -2.33. The number of carboxylic acids is 1. The molecule has 5 nitrogen and oxygen atoms in total. The number of carboxylic acid groups (broad SMARTS) is 1. The molecule has 1 aliphatic rings. The fourth-order valence-electron chi connectivity index (χ4n) is 3.02. The van der Waals surface area contributed by atoms with Crippen molar-refractivity contribution in [2.45, 2.75) is 32.1 Å². The second-order valence-corrected chi connectivity index (χ2v) is 6.29. The van der Waals surface area contributed by atoms with E-state index in [0.717, 1.165) is 19.4 Å². The van der Waals surface area contributed by atoms with E-state index in [-0.39, 0.29) is 24.7 Å². The Morgan fingerprint density at radius 3 is 2.91 bits per heavy atom. The van der Waals surface area contributed by atoms with Gasteiger partial charge in [-0.05, 0) is 37.3 Å². The standard InChI is InChI=1S/C17H22ClNO4/c1-23-15-6-2-5-14(18)13(15)10-16(20)19-9-3-4-12(11-19)7-8-17(21)22/h2,5-6,12H,3-4,7-11H2,1H3,(H,21,22). The van der Waals surface area contributed by atoms with Crippen LogP contribution in [0.2, 0.25) is 5.02 Å². The summed E-state index contributed by atoms with van der Waals surface area (Å²) in [5, 5.41) is 9.32. The number of nitrogens with zero attached hydrogens (tertiary/aromatic N) is 1. The van der Waals surface area contributed by atoms with E-state index in [1.165, 1.54) is 0 Å². The van der Waals surface area contributed by atoms with E-state index in [1.54, 1.807) is 25.3 Å². The van der Waals surface area contributed by atoms with Gasteiger partial charge in [-0.2, -0.15) is 0 Å². The zero-order valence-corrected chi connectivity index (χ0v) is 14.0. The molecular weight excluding hydrogens is 318 g/mol. The highest BCUT2D eigenvalue weighted by Crippen LogP contribution is 2.28. The van der Waals surface area contributed by atoms with Gasteiger partial charge in [0.15, 0.2) is 0 Å². The minimum Gasteiger partial charge on any atom is -0.496 e. The van der Waals surface area contributed by atoms with Gasteiger partial charge >= 0.3 is 5.97 Å². The van der Waals surface area contributed by atoms with Crippen molar-refractivity contribution in [3.63, 3.8) is 0 Å². The quantitative estimate of drug-likeness (QED) is 0.865. The van der Waals surface area contributed by atoms with Crippen molar-refractivity contribution in [2.24, 2.45) is 5.92 Å². The molecule has 1 aromatic rings. The highest BCUT2D eigenvalue weighted by molar-refractivity contribution is 6.31. The fourth-order valence-corrected chi connectivity index (χ4v) is 3.25. The number of rotatable bonds is 6. The number of hydrogen-bond donors (Lipinski definition) is 1. The van der Waals surface area contributed by atoms with Crippen molar-refractivity contribution in [2.75, 3.05) is 20.2 Å². The maximum atomic E-state index is 12.6. The van der Waals surface area contributed by atoms with Crippen LogP contribution in [0.15, 0.2) is 18.2 Å². The van der Waals surface area contributed by atoms with Gasteiger partial charge in [0.25, 0.3) is 0 Å². The first kappa shape index (κ1) is 17.6. The molecule has 1 N–H and O–H groups in total. The number of halogens is 1. The molecular formula is C17H22ClNO4.